The minimum absolute atomic E-state index is 0.0562. The van der Waals surface area contributed by atoms with E-state index in [0.29, 0.717) is 19.3 Å². The highest BCUT2D eigenvalue weighted by molar-refractivity contribution is 5.75. The van der Waals surface area contributed by atoms with E-state index >= 15 is 0 Å². The van der Waals surface area contributed by atoms with Crippen LogP contribution in [0.25, 0.3) is 0 Å². The molecular weight excluding hydrogens is 285 g/mol. The van der Waals surface area contributed by atoms with Gasteiger partial charge in [0, 0.05) is 6.04 Å². The summed E-state index contributed by atoms with van der Waals surface area (Å²) in [6.45, 7) is 3.53. The molecule has 1 unspecified atom stereocenters. The number of alkyl halides is 3. The van der Waals surface area contributed by atoms with Gasteiger partial charge in [0.25, 0.3) is 0 Å². The van der Waals surface area contributed by atoms with E-state index in [2.05, 4.69) is 10.6 Å². The Hall–Kier alpha value is -0.980. The zero-order valence-electron chi connectivity index (χ0n) is 12.6. The topological polar surface area (TPSA) is 61.4 Å². The number of amides is 2. The summed E-state index contributed by atoms with van der Waals surface area (Å²) < 4.78 is 37.7. The normalized spacial score (nSPS) is 26.0. The SMILES string of the molecule is CCCC(C)(CO)NC(=O)NC1CCC(C(F)(F)F)CC1. The third kappa shape index (κ3) is 5.73. The molecule has 0 aromatic heterocycles. The highest BCUT2D eigenvalue weighted by Crippen LogP contribution is 2.37. The molecule has 0 aromatic carbocycles. The van der Waals surface area contributed by atoms with Gasteiger partial charge in [0.05, 0.1) is 18.1 Å². The van der Waals surface area contributed by atoms with Crippen LogP contribution in [0.2, 0.25) is 0 Å². The molecule has 0 spiro atoms. The van der Waals surface area contributed by atoms with Gasteiger partial charge >= 0.3 is 12.2 Å². The van der Waals surface area contributed by atoms with Crippen molar-refractivity contribution in [3.63, 3.8) is 0 Å². The maximum atomic E-state index is 12.6. The molecule has 3 N–H and O–H groups in total. The average Bonchev–Trinajstić information content (AvgIpc) is 2.38. The Balaban J connectivity index is 2.40. The summed E-state index contributed by atoms with van der Waals surface area (Å²) in [5.74, 6) is -1.25. The minimum Gasteiger partial charge on any atom is -0.394 e. The number of carbonyl (C=O) groups excluding carboxylic acids is 1. The van der Waals surface area contributed by atoms with E-state index in [1.807, 2.05) is 6.92 Å². The first kappa shape index (κ1) is 18.1. The first-order valence-corrected chi connectivity index (χ1v) is 7.46. The first-order chi connectivity index (χ1) is 9.70. The van der Waals surface area contributed by atoms with Gasteiger partial charge in [0.2, 0.25) is 0 Å². The van der Waals surface area contributed by atoms with Crippen LogP contribution in [0, 0.1) is 5.92 Å². The van der Waals surface area contributed by atoms with E-state index in [1.165, 1.54) is 0 Å². The molecule has 0 bridgehead atoms. The lowest BCUT2D eigenvalue weighted by molar-refractivity contribution is -0.182. The van der Waals surface area contributed by atoms with Crippen LogP contribution in [0.4, 0.5) is 18.0 Å². The molecule has 0 saturated heterocycles. The molecule has 7 heteroatoms. The number of nitrogens with one attached hydrogen (secondary N) is 2. The van der Waals surface area contributed by atoms with Gasteiger partial charge in [-0.1, -0.05) is 13.3 Å². The standard InChI is InChI=1S/C14H25F3N2O2/c1-3-8-13(2,9-20)19-12(21)18-11-6-4-10(5-7-11)14(15,16)17/h10-11,20H,3-9H2,1-2H3,(H2,18,19,21). The monoisotopic (exact) mass is 310 g/mol. The molecule has 1 aliphatic rings. The number of hydrogen-bond acceptors (Lipinski definition) is 2. The van der Waals surface area contributed by atoms with Gasteiger partial charge in [0.1, 0.15) is 0 Å². The van der Waals surface area contributed by atoms with Crippen LogP contribution in [0.5, 0.6) is 0 Å². The van der Waals surface area contributed by atoms with Crippen molar-refractivity contribution in [2.75, 3.05) is 6.61 Å². The Bertz CT molecular complexity index is 342. The van der Waals surface area contributed by atoms with Gasteiger partial charge in [-0.2, -0.15) is 13.2 Å². The van der Waals surface area contributed by atoms with E-state index in [-0.39, 0.29) is 25.5 Å². The van der Waals surface area contributed by atoms with E-state index in [4.69, 9.17) is 0 Å². The van der Waals surface area contributed by atoms with E-state index in [0.717, 1.165) is 6.42 Å². The van der Waals surface area contributed by atoms with Gasteiger partial charge in [-0.05, 0) is 39.0 Å². The summed E-state index contributed by atoms with van der Waals surface area (Å²) in [6, 6.07) is -0.649. The molecule has 1 atom stereocenters. The van der Waals surface area contributed by atoms with Crippen molar-refractivity contribution in [1.82, 2.24) is 10.6 Å². The number of urea groups is 1. The molecule has 124 valence electrons. The average molecular weight is 310 g/mol. The van der Waals surface area contributed by atoms with Gasteiger partial charge in [-0.15, -0.1) is 0 Å². The maximum absolute atomic E-state index is 12.6. The van der Waals surface area contributed by atoms with Crippen LogP contribution >= 0.6 is 0 Å². The minimum atomic E-state index is -4.14. The first-order valence-electron chi connectivity index (χ1n) is 7.46. The van der Waals surface area contributed by atoms with Gasteiger partial charge in [-0.25, -0.2) is 4.79 Å². The predicted octanol–water partition coefficient (Wildman–Crippen LogP) is 2.96. The lowest BCUT2D eigenvalue weighted by atomic mass is 9.85. The van der Waals surface area contributed by atoms with E-state index in [1.54, 1.807) is 6.92 Å². The number of carbonyl (C=O) groups is 1. The van der Waals surface area contributed by atoms with Crippen LogP contribution in [0.1, 0.15) is 52.4 Å². The van der Waals surface area contributed by atoms with Crippen molar-refractivity contribution in [3.8, 4) is 0 Å². The Morgan fingerprint density at radius 3 is 2.24 bits per heavy atom. The van der Waals surface area contributed by atoms with Crippen LogP contribution in [0.15, 0.2) is 0 Å². The molecule has 0 aromatic rings. The Morgan fingerprint density at radius 1 is 1.24 bits per heavy atom. The molecule has 1 saturated carbocycles. The molecule has 1 rings (SSSR count). The second kappa shape index (κ2) is 7.33. The third-order valence-electron chi connectivity index (χ3n) is 4.09. The second-order valence-corrected chi connectivity index (χ2v) is 6.16. The molecular formula is C14H25F3N2O2. The zero-order chi connectivity index (χ0) is 16.1. The van der Waals surface area contributed by atoms with Crippen molar-refractivity contribution in [3.05, 3.63) is 0 Å². The smallest absolute Gasteiger partial charge is 0.391 e. The summed E-state index contributed by atoms with van der Waals surface area (Å²) in [6.07, 6.45) is -1.90. The van der Waals surface area contributed by atoms with Crippen LogP contribution in [-0.2, 0) is 0 Å². The van der Waals surface area contributed by atoms with Crippen LogP contribution in [-0.4, -0.2) is 35.5 Å². The Morgan fingerprint density at radius 2 is 1.81 bits per heavy atom. The lowest BCUT2D eigenvalue weighted by Crippen LogP contribution is -2.54. The summed E-state index contributed by atoms with van der Waals surface area (Å²) in [5, 5.41) is 14.7. The van der Waals surface area contributed by atoms with Crippen molar-refractivity contribution in [1.29, 1.82) is 0 Å². The second-order valence-electron chi connectivity index (χ2n) is 6.16. The van der Waals surface area contributed by atoms with Crippen LogP contribution < -0.4 is 10.6 Å². The molecule has 21 heavy (non-hydrogen) atoms. The lowest BCUT2D eigenvalue weighted by Gasteiger charge is -2.33. The van der Waals surface area contributed by atoms with Gasteiger partial charge < -0.3 is 15.7 Å². The molecule has 1 fully saturated rings. The fraction of sp³-hybridized carbons (Fsp3) is 0.929. The Labute approximate surface area is 123 Å². The number of rotatable bonds is 5. The number of aliphatic hydroxyl groups excluding tert-OH is 1. The van der Waals surface area contributed by atoms with Crippen molar-refractivity contribution < 1.29 is 23.1 Å². The quantitative estimate of drug-likeness (QED) is 0.731. The van der Waals surface area contributed by atoms with E-state index in [9.17, 15) is 23.1 Å². The van der Waals surface area contributed by atoms with Gasteiger partial charge in [0.15, 0.2) is 0 Å². The highest BCUT2D eigenvalue weighted by atomic mass is 19.4. The molecule has 4 nitrogen and oxygen atoms in total. The van der Waals surface area contributed by atoms with Gasteiger partial charge in [-0.3, -0.25) is 0 Å². The molecule has 1 aliphatic carbocycles. The van der Waals surface area contributed by atoms with Crippen molar-refractivity contribution in [2.24, 2.45) is 5.92 Å². The van der Waals surface area contributed by atoms with Crippen LogP contribution in [0.3, 0.4) is 0 Å². The largest absolute Gasteiger partial charge is 0.394 e. The molecule has 0 heterocycles. The highest BCUT2D eigenvalue weighted by Gasteiger charge is 2.41. The maximum Gasteiger partial charge on any atom is 0.391 e. The summed E-state index contributed by atoms with van der Waals surface area (Å²) >= 11 is 0. The molecule has 2 amide bonds. The number of hydrogen-bond donors (Lipinski definition) is 3. The summed E-state index contributed by atoms with van der Waals surface area (Å²) in [4.78, 5) is 11.9. The molecule has 0 radical (unpaired) electrons. The number of halogens is 3. The third-order valence-corrected chi connectivity index (χ3v) is 4.09. The Kier molecular flexibility index (Phi) is 6.31. The fourth-order valence-corrected chi connectivity index (χ4v) is 2.79. The summed E-state index contributed by atoms with van der Waals surface area (Å²) in [7, 11) is 0. The molecule has 0 aliphatic heterocycles. The van der Waals surface area contributed by atoms with Crippen molar-refractivity contribution in [2.45, 2.75) is 70.1 Å². The predicted molar refractivity (Wildman–Crippen MR) is 73.9 cm³/mol. The number of aliphatic hydroxyl groups is 1. The zero-order valence-corrected chi connectivity index (χ0v) is 12.6. The fourth-order valence-electron chi connectivity index (χ4n) is 2.79. The van der Waals surface area contributed by atoms with Crippen molar-refractivity contribution >= 4 is 6.03 Å². The van der Waals surface area contributed by atoms with E-state index < -0.39 is 23.7 Å². The summed E-state index contributed by atoms with van der Waals surface area (Å²) in [5.41, 5.74) is -0.692.